The van der Waals surface area contributed by atoms with Crippen molar-refractivity contribution in [2.24, 2.45) is 5.92 Å². The summed E-state index contributed by atoms with van der Waals surface area (Å²) in [5.74, 6) is -0.818. The fourth-order valence-electron chi connectivity index (χ4n) is 5.85. The molecule has 1 aliphatic heterocycles. The van der Waals surface area contributed by atoms with E-state index in [2.05, 4.69) is 15.0 Å². The van der Waals surface area contributed by atoms with Crippen molar-refractivity contribution in [1.29, 1.82) is 0 Å². The predicted molar refractivity (Wildman–Crippen MR) is 179 cm³/mol. The molecule has 8 nitrogen and oxygen atoms in total. The highest BCUT2D eigenvalue weighted by Gasteiger charge is 2.44. The second-order valence-electron chi connectivity index (χ2n) is 13.2. The maximum atomic E-state index is 15.5. The van der Waals surface area contributed by atoms with Crippen LogP contribution in [0, 0.1) is 11.7 Å². The standard InChI is InChI=1S/C35H42ClFN4O4S/c1-34(2,3)46(44)40-35(17-16-23-10-11-23,24-8-6-5-7-9-24)25-12-15-29(37)30(18-25)39-33(43)31-20-28(45-4)22-41(31)32(42)19-27-14-13-26(36)21-38-27/h5-9,12-15,18,21,23,28,31,40H,10-11,16-17,19-20,22H2,1-4H3,(H,39,43)/t28-,31-,35?,46-/m1/s1. The molecule has 0 spiro atoms. The number of carbonyl (C=O) groups excluding carboxylic acids is 2. The first-order chi connectivity index (χ1) is 21.9. The van der Waals surface area contributed by atoms with E-state index in [9.17, 15) is 14.1 Å². The highest BCUT2D eigenvalue weighted by atomic mass is 35.5. The van der Waals surface area contributed by atoms with Gasteiger partial charge < -0.3 is 19.5 Å². The van der Waals surface area contributed by atoms with Crippen LogP contribution in [0.4, 0.5) is 10.1 Å². The lowest BCUT2D eigenvalue weighted by Crippen LogP contribution is -2.52. The molecule has 4 atom stereocenters. The van der Waals surface area contributed by atoms with Crippen molar-refractivity contribution in [1.82, 2.24) is 14.6 Å². The van der Waals surface area contributed by atoms with Gasteiger partial charge in [0.15, 0.2) is 0 Å². The number of benzene rings is 2. The largest absolute Gasteiger partial charge is 0.598 e. The van der Waals surface area contributed by atoms with Crippen LogP contribution in [-0.4, -0.2) is 56.8 Å². The van der Waals surface area contributed by atoms with Gasteiger partial charge in [0.1, 0.15) is 22.1 Å². The van der Waals surface area contributed by atoms with E-state index < -0.39 is 39.4 Å². The summed E-state index contributed by atoms with van der Waals surface area (Å²) < 4.78 is 37.6. The molecule has 0 bridgehead atoms. The number of hydrogen-bond donors (Lipinski definition) is 2. The van der Waals surface area contributed by atoms with Crippen molar-refractivity contribution in [3.63, 3.8) is 0 Å². The van der Waals surface area contributed by atoms with Crippen molar-refractivity contribution in [3.05, 3.63) is 94.5 Å². The van der Waals surface area contributed by atoms with E-state index in [-0.39, 0.29) is 37.1 Å². The van der Waals surface area contributed by atoms with E-state index in [1.807, 2.05) is 51.1 Å². The van der Waals surface area contributed by atoms with E-state index in [0.717, 1.165) is 24.8 Å². The number of nitrogens with one attached hydrogen (secondary N) is 2. The molecule has 2 aromatic carbocycles. The fourth-order valence-corrected chi connectivity index (χ4v) is 6.92. The lowest BCUT2D eigenvalue weighted by molar-refractivity contribution is -0.136. The van der Waals surface area contributed by atoms with Gasteiger partial charge in [-0.15, -0.1) is 4.72 Å². The van der Waals surface area contributed by atoms with Crippen molar-refractivity contribution >= 4 is 40.5 Å². The van der Waals surface area contributed by atoms with Crippen LogP contribution in [0.15, 0.2) is 66.9 Å². The number of aromatic nitrogens is 1. The van der Waals surface area contributed by atoms with E-state index in [1.54, 1.807) is 24.3 Å². The quantitative estimate of drug-likeness (QED) is 0.224. The lowest BCUT2D eigenvalue weighted by Gasteiger charge is -2.39. The number of methoxy groups -OCH3 is 1. The van der Waals surface area contributed by atoms with Gasteiger partial charge in [0.25, 0.3) is 0 Å². The summed E-state index contributed by atoms with van der Waals surface area (Å²) in [5.41, 5.74) is 1.21. The van der Waals surface area contributed by atoms with Gasteiger partial charge in [-0.25, -0.2) is 4.39 Å². The molecule has 1 aromatic heterocycles. The second-order valence-corrected chi connectivity index (χ2v) is 15.6. The predicted octanol–water partition coefficient (Wildman–Crippen LogP) is 6.16. The zero-order chi connectivity index (χ0) is 33.1. The summed E-state index contributed by atoms with van der Waals surface area (Å²) in [4.78, 5) is 32.8. The molecule has 46 heavy (non-hydrogen) atoms. The van der Waals surface area contributed by atoms with Crippen LogP contribution in [0.5, 0.6) is 0 Å². The minimum absolute atomic E-state index is 0.00907. The van der Waals surface area contributed by atoms with Gasteiger partial charge in [-0.3, -0.25) is 14.6 Å². The minimum atomic E-state index is -1.46. The average Bonchev–Trinajstić information content (AvgIpc) is 3.76. The number of anilines is 1. The van der Waals surface area contributed by atoms with Crippen LogP contribution in [0.1, 0.15) is 69.7 Å². The Kier molecular flexibility index (Phi) is 10.7. The minimum Gasteiger partial charge on any atom is -0.598 e. The normalized spacial score (nSPS) is 20.3. The smallest absolute Gasteiger partial charge is 0.247 e. The Morgan fingerprint density at radius 2 is 1.85 bits per heavy atom. The first kappa shape index (κ1) is 34.3. The Morgan fingerprint density at radius 1 is 1.11 bits per heavy atom. The third-order valence-electron chi connectivity index (χ3n) is 8.77. The number of ether oxygens (including phenoxy) is 1. The lowest BCUT2D eigenvalue weighted by atomic mass is 9.79. The summed E-state index contributed by atoms with van der Waals surface area (Å²) in [6, 6.07) is 16.9. The zero-order valence-corrected chi connectivity index (χ0v) is 28.3. The Labute approximate surface area is 278 Å². The number of pyridine rings is 1. The van der Waals surface area contributed by atoms with E-state index in [1.165, 1.54) is 24.3 Å². The third-order valence-corrected chi connectivity index (χ3v) is 10.6. The number of halogens is 2. The number of hydrogen-bond acceptors (Lipinski definition) is 6. The van der Waals surface area contributed by atoms with Gasteiger partial charge in [-0.05, 0) is 74.9 Å². The molecular formula is C35H42ClFN4O4S. The van der Waals surface area contributed by atoms with Gasteiger partial charge >= 0.3 is 0 Å². The SMILES string of the molecule is CO[C@@H]1C[C@H](C(=O)Nc2cc(C(CCC3CC3)(N[S@+]([O-])C(C)(C)C)c3ccccc3)ccc2F)N(C(=O)Cc2ccc(Cl)cn2)C1. The molecule has 2 N–H and O–H groups in total. The molecule has 2 heterocycles. The summed E-state index contributed by atoms with van der Waals surface area (Å²) in [7, 11) is 1.54. The van der Waals surface area contributed by atoms with Crippen molar-refractivity contribution < 1.29 is 23.3 Å². The molecular weight excluding hydrogens is 627 g/mol. The monoisotopic (exact) mass is 668 g/mol. The first-order valence-corrected chi connectivity index (χ1v) is 17.2. The molecule has 2 amide bonds. The molecule has 5 rings (SSSR count). The van der Waals surface area contributed by atoms with Gasteiger partial charge in [-0.1, -0.05) is 60.8 Å². The van der Waals surface area contributed by atoms with Crippen LogP contribution in [-0.2, 0) is 37.6 Å². The molecule has 2 aliphatic rings. The highest BCUT2D eigenvalue weighted by Crippen LogP contribution is 2.43. The molecule has 1 saturated heterocycles. The molecule has 1 saturated carbocycles. The van der Waals surface area contributed by atoms with Crippen molar-refractivity contribution in [3.8, 4) is 0 Å². The van der Waals surface area contributed by atoms with Gasteiger partial charge in [0, 0.05) is 43.3 Å². The second kappa shape index (κ2) is 14.4. The van der Waals surface area contributed by atoms with Crippen LogP contribution in [0.3, 0.4) is 0 Å². The Morgan fingerprint density at radius 3 is 2.48 bits per heavy atom. The molecule has 11 heteroatoms. The molecule has 3 aromatic rings. The molecule has 2 fully saturated rings. The molecule has 246 valence electrons. The van der Waals surface area contributed by atoms with Crippen LogP contribution < -0.4 is 10.0 Å². The van der Waals surface area contributed by atoms with E-state index in [4.69, 9.17) is 16.3 Å². The zero-order valence-electron chi connectivity index (χ0n) is 26.7. The molecule has 0 radical (unpaired) electrons. The molecule has 1 unspecified atom stereocenters. The number of carbonyl (C=O) groups is 2. The summed E-state index contributed by atoms with van der Waals surface area (Å²) in [5, 5.41) is 3.24. The van der Waals surface area contributed by atoms with E-state index in [0.29, 0.717) is 28.6 Å². The first-order valence-electron chi connectivity index (χ1n) is 15.7. The van der Waals surface area contributed by atoms with Gasteiger partial charge in [0.05, 0.1) is 23.2 Å². The maximum absolute atomic E-state index is 15.5. The van der Waals surface area contributed by atoms with Gasteiger partial charge in [-0.2, -0.15) is 0 Å². The Bertz CT molecular complexity index is 1520. The van der Waals surface area contributed by atoms with Gasteiger partial charge in [0.2, 0.25) is 11.8 Å². The number of amides is 2. The summed E-state index contributed by atoms with van der Waals surface area (Å²) in [6.45, 7) is 5.96. The molecule has 1 aliphatic carbocycles. The number of likely N-dealkylation sites (tertiary alicyclic amines) is 1. The van der Waals surface area contributed by atoms with E-state index >= 15 is 4.39 Å². The van der Waals surface area contributed by atoms with Crippen LogP contribution >= 0.6 is 11.6 Å². The van der Waals surface area contributed by atoms with Crippen molar-refractivity contribution in [2.75, 3.05) is 19.0 Å². The number of rotatable bonds is 12. The number of nitrogens with zero attached hydrogens (tertiary/aromatic N) is 2. The topological polar surface area (TPSA) is 107 Å². The highest BCUT2D eigenvalue weighted by molar-refractivity contribution is 7.90. The maximum Gasteiger partial charge on any atom is 0.247 e. The summed E-state index contributed by atoms with van der Waals surface area (Å²) >= 11 is 4.48. The summed E-state index contributed by atoms with van der Waals surface area (Å²) in [6.07, 6.45) is 5.24. The fraction of sp³-hybridized carbons (Fsp3) is 0.457. The van der Waals surface area contributed by atoms with Crippen LogP contribution in [0.2, 0.25) is 5.02 Å². The van der Waals surface area contributed by atoms with Crippen LogP contribution in [0.25, 0.3) is 0 Å². The third kappa shape index (κ3) is 8.09. The Balaban J connectivity index is 1.45. The Hall–Kier alpha value is -3.02. The van der Waals surface area contributed by atoms with Crippen molar-refractivity contribution in [2.45, 2.75) is 81.7 Å². The average molecular weight is 669 g/mol.